The number of piperazine rings is 1. The number of aryl methyl sites for hydroxylation is 1. The Labute approximate surface area is 193 Å². The van der Waals surface area contributed by atoms with Crippen LogP contribution in [0.5, 0.6) is 0 Å². The standard InChI is InChI=1S/C25H32FN3O4/c1-18-16-28(17-20-6-3-2-4-7-20)14-15-29(18)25(32)22(23(30)24(31)27-33)9-5-8-19-10-12-21(26)13-11-19/h2-4,6-7,10-13,18,22-23,30,33H,5,8-9,14-17H2,1H3,(H,27,31)/t18-,22+,23-/m0/s1. The fourth-order valence-electron chi connectivity index (χ4n) is 4.40. The van der Waals surface area contributed by atoms with Gasteiger partial charge in [-0.3, -0.25) is 19.7 Å². The molecule has 1 fully saturated rings. The summed E-state index contributed by atoms with van der Waals surface area (Å²) in [6.07, 6.45) is -0.273. The van der Waals surface area contributed by atoms with Crippen molar-refractivity contribution in [2.45, 2.75) is 44.9 Å². The molecule has 2 aromatic carbocycles. The van der Waals surface area contributed by atoms with E-state index in [0.717, 1.165) is 12.1 Å². The molecule has 1 heterocycles. The van der Waals surface area contributed by atoms with E-state index in [9.17, 15) is 19.1 Å². The van der Waals surface area contributed by atoms with E-state index < -0.39 is 17.9 Å². The third-order valence-corrected chi connectivity index (χ3v) is 6.21. The number of amides is 2. The Bertz CT molecular complexity index is 910. The van der Waals surface area contributed by atoms with Crippen LogP contribution >= 0.6 is 0 Å². The van der Waals surface area contributed by atoms with E-state index in [0.29, 0.717) is 32.5 Å². The molecule has 1 aliphatic rings. The third kappa shape index (κ3) is 6.83. The van der Waals surface area contributed by atoms with Gasteiger partial charge >= 0.3 is 0 Å². The zero-order chi connectivity index (χ0) is 23.8. The van der Waals surface area contributed by atoms with Gasteiger partial charge in [0.25, 0.3) is 5.91 Å². The van der Waals surface area contributed by atoms with Crippen molar-refractivity contribution < 1.29 is 24.3 Å². The van der Waals surface area contributed by atoms with Crippen LogP contribution in [0.15, 0.2) is 54.6 Å². The number of nitrogens with one attached hydrogen (secondary N) is 1. The molecule has 8 heteroatoms. The lowest BCUT2D eigenvalue weighted by Gasteiger charge is -2.41. The topological polar surface area (TPSA) is 93.1 Å². The second-order valence-corrected chi connectivity index (χ2v) is 8.65. The lowest BCUT2D eigenvalue weighted by molar-refractivity contribution is -0.153. The molecule has 0 aliphatic carbocycles. The SMILES string of the molecule is C[C@H]1CN(Cc2ccccc2)CCN1C(=O)[C@H](CCCc1ccc(F)cc1)[C@H](O)C(=O)NO. The van der Waals surface area contributed by atoms with Gasteiger partial charge in [-0.05, 0) is 49.4 Å². The molecule has 0 saturated carbocycles. The average Bonchev–Trinajstić information content (AvgIpc) is 2.82. The molecule has 0 radical (unpaired) electrons. The molecule has 0 spiro atoms. The first-order valence-electron chi connectivity index (χ1n) is 11.3. The molecule has 2 amide bonds. The Kier molecular flexibility index (Phi) is 8.94. The zero-order valence-electron chi connectivity index (χ0n) is 18.9. The van der Waals surface area contributed by atoms with Crippen molar-refractivity contribution in [1.29, 1.82) is 0 Å². The van der Waals surface area contributed by atoms with E-state index in [4.69, 9.17) is 5.21 Å². The summed E-state index contributed by atoms with van der Waals surface area (Å²) in [4.78, 5) is 29.3. The van der Waals surface area contributed by atoms with Gasteiger partial charge in [0.15, 0.2) is 0 Å². The van der Waals surface area contributed by atoms with Gasteiger partial charge in [0.2, 0.25) is 5.91 Å². The van der Waals surface area contributed by atoms with E-state index in [2.05, 4.69) is 17.0 Å². The van der Waals surface area contributed by atoms with Crippen molar-refractivity contribution in [2.24, 2.45) is 5.92 Å². The van der Waals surface area contributed by atoms with Crippen molar-refractivity contribution in [1.82, 2.24) is 15.3 Å². The fourth-order valence-corrected chi connectivity index (χ4v) is 4.40. The minimum atomic E-state index is -1.65. The normalized spacial score (nSPS) is 18.5. The van der Waals surface area contributed by atoms with E-state index in [1.165, 1.54) is 23.2 Å². The molecule has 33 heavy (non-hydrogen) atoms. The quantitative estimate of drug-likeness (QED) is 0.397. The summed E-state index contributed by atoms with van der Waals surface area (Å²) < 4.78 is 13.1. The first-order chi connectivity index (χ1) is 15.9. The lowest BCUT2D eigenvalue weighted by Crippen LogP contribution is -2.57. The summed E-state index contributed by atoms with van der Waals surface area (Å²) in [5.74, 6) is -2.58. The molecule has 0 bridgehead atoms. The number of rotatable bonds is 9. The number of benzene rings is 2. The van der Waals surface area contributed by atoms with Gasteiger partial charge in [0.05, 0.1) is 5.92 Å². The van der Waals surface area contributed by atoms with Gasteiger partial charge in [0.1, 0.15) is 11.9 Å². The van der Waals surface area contributed by atoms with Crippen molar-refractivity contribution in [2.75, 3.05) is 19.6 Å². The van der Waals surface area contributed by atoms with Gasteiger partial charge in [-0.15, -0.1) is 0 Å². The molecule has 1 saturated heterocycles. The molecular weight excluding hydrogens is 425 g/mol. The Morgan fingerprint density at radius 2 is 1.79 bits per heavy atom. The number of aliphatic hydroxyl groups is 1. The maximum atomic E-state index is 13.4. The van der Waals surface area contributed by atoms with Crippen LogP contribution in [0.1, 0.15) is 30.9 Å². The fraction of sp³-hybridized carbons (Fsp3) is 0.440. The van der Waals surface area contributed by atoms with Crippen LogP contribution < -0.4 is 5.48 Å². The molecule has 3 atom stereocenters. The second kappa shape index (κ2) is 11.9. The lowest BCUT2D eigenvalue weighted by atomic mass is 9.91. The number of hydrogen-bond donors (Lipinski definition) is 3. The van der Waals surface area contributed by atoms with Crippen molar-refractivity contribution >= 4 is 11.8 Å². The summed E-state index contributed by atoms with van der Waals surface area (Å²) in [6, 6.07) is 16.2. The minimum absolute atomic E-state index is 0.0843. The highest BCUT2D eigenvalue weighted by atomic mass is 19.1. The smallest absolute Gasteiger partial charge is 0.272 e. The highest BCUT2D eigenvalue weighted by Gasteiger charge is 2.37. The Balaban J connectivity index is 1.62. The van der Waals surface area contributed by atoms with E-state index in [-0.39, 0.29) is 24.2 Å². The van der Waals surface area contributed by atoms with E-state index >= 15 is 0 Å². The molecule has 0 unspecified atom stereocenters. The van der Waals surface area contributed by atoms with Crippen LogP contribution in [-0.4, -0.2) is 63.7 Å². The zero-order valence-corrected chi connectivity index (χ0v) is 18.9. The van der Waals surface area contributed by atoms with Crippen molar-refractivity contribution in [3.05, 3.63) is 71.5 Å². The maximum absolute atomic E-state index is 13.4. The largest absolute Gasteiger partial charge is 0.382 e. The second-order valence-electron chi connectivity index (χ2n) is 8.65. The molecule has 1 aliphatic heterocycles. The summed E-state index contributed by atoms with van der Waals surface area (Å²) in [6.45, 7) is 4.63. The number of hydroxylamine groups is 1. The van der Waals surface area contributed by atoms with Gasteiger partial charge in [0, 0.05) is 32.2 Å². The van der Waals surface area contributed by atoms with Crippen molar-refractivity contribution in [3.63, 3.8) is 0 Å². The Morgan fingerprint density at radius 3 is 2.42 bits per heavy atom. The van der Waals surface area contributed by atoms with Gasteiger partial charge in [-0.25, -0.2) is 9.87 Å². The first kappa shape index (κ1) is 24.8. The number of carbonyl (C=O) groups excluding carboxylic acids is 2. The number of carbonyl (C=O) groups is 2. The van der Waals surface area contributed by atoms with Gasteiger partial charge in [-0.1, -0.05) is 42.5 Å². The average molecular weight is 458 g/mol. The van der Waals surface area contributed by atoms with Crippen molar-refractivity contribution in [3.8, 4) is 0 Å². The van der Waals surface area contributed by atoms with Crippen LogP contribution in [0, 0.1) is 11.7 Å². The molecule has 178 valence electrons. The van der Waals surface area contributed by atoms with Crippen LogP contribution in [0.25, 0.3) is 0 Å². The highest BCUT2D eigenvalue weighted by Crippen LogP contribution is 2.22. The van der Waals surface area contributed by atoms with Crippen LogP contribution in [-0.2, 0) is 22.6 Å². The number of nitrogens with zero attached hydrogens (tertiary/aromatic N) is 2. The summed E-state index contributed by atoms with van der Waals surface area (Å²) in [7, 11) is 0. The predicted octanol–water partition coefficient (Wildman–Crippen LogP) is 2.36. The number of halogens is 1. The number of hydrogen-bond acceptors (Lipinski definition) is 5. The summed E-state index contributed by atoms with van der Waals surface area (Å²) in [5.41, 5.74) is 3.57. The monoisotopic (exact) mass is 457 g/mol. The summed E-state index contributed by atoms with van der Waals surface area (Å²) in [5, 5.41) is 19.4. The van der Waals surface area contributed by atoms with E-state index in [1.807, 2.05) is 25.1 Å². The highest BCUT2D eigenvalue weighted by molar-refractivity contribution is 5.88. The van der Waals surface area contributed by atoms with Gasteiger partial charge in [-0.2, -0.15) is 0 Å². The molecule has 3 N–H and O–H groups in total. The Hall–Kier alpha value is -2.81. The first-order valence-corrected chi connectivity index (χ1v) is 11.3. The van der Waals surface area contributed by atoms with Crippen LogP contribution in [0.4, 0.5) is 4.39 Å². The van der Waals surface area contributed by atoms with Gasteiger partial charge < -0.3 is 10.0 Å². The number of aliphatic hydroxyl groups excluding tert-OH is 1. The predicted molar refractivity (Wildman–Crippen MR) is 122 cm³/mol. The summed E-state index contributed by atoms with van der Waals surface area (Å²) >= 11 is 0. The Morgan fingerprint density at radius 1 is 1.09 bits per heavy atom. The molecular formula is C25H32FN3O4. The van der Waals surface area contributed by atoms with Crippen LogP contribution in [0.2, 0.25) is 0 Å². The molecule has 2 aromatic rings. The van der Waals surface area contributed by atoms with Crippen LogP contribution in [0.3, 0.4) is 0 Å². The maximum Gasteiger partial charge on any atom is 0.272 e. The third-order valence-electron chi connectivity index (χ3n) is 6.21. The minimum Gasteiger partial charge on any atom is -0.382 e. The van der Waals surface area contributed by atoms with E-state index in [1.54, 1.807) is 17.0 Å². The molecule has 0 aromatic heterocycles. The molecule has 7 nitrogen and oxygen atoms in total. The molecule has 3 rings (SSSR count).